The first-order chi connectivity index (χ1) is 10.1. The zero-order valence-electron chi connectivity index (χ0n) is 11.3. The lowest BCUT2D eigenvalue weighted by Crippen LogP contribution is -2.02. The Kier molecular flexibility index (Phi) is 3.80. The molecule has 0 aliphatic heterocycles. The summed E-state index contributed by atoms with van der Waals surface area (Å²) in [6.45, 7) is 0. The highest BCUT2D eigenvalue weighted by molar-refractivity contribution is 6.32. The van der Waals surface area contributed by atoms with Gasteiger partial charge in [-0.15, -0.1) is 0 Å². The number of aryl methyl sites for hydroxylation is 2. The lowest BCUT2D eigenvalue weighted by Gasteiger charge is -2.16. The van der Waals surface area contributed by atoms with Crippen molar-refractivity contribution in [3.8, 4) is 11.5 Å². The molecule has 1 aliphatic carbocycles. The molecular weight excluding hydrogens is 290 g/mol. The molecule has 0 bridgehead atoms. The fourth-order valence-corrected chi connectivity index (χ4v) is 2.89. The third-order valence-corrected chi connectivity index (χ3v) is 3.99. The summed E-state index contributed by atoms with van der Waals surface area (Å²) >= 11 is 5.88. The summed E-state index contributed by atoms with van der Waals surface area (Å²) in [7, 11) is 0. The molecule has 0 unspecified atom stereocenters. The summed E-state index contributed by atoms with van der Waals surface area (Å²) in [5.74, 6) is 0.782. The van der Waals surface area contributed by atoms with Gasteiger partial charge in [0.2, 0.25) is 5.75 Å². The first-order valence-electron chi connectivity index (χ1n) is 6.88. The first-order valence-corrected chi connectivity index (χ1v) is 7.25. The molecule has 0 saturated heterocycles. The summed E-state index contributed by atoms with van der Waals surface area (Å²) in [4.78, 5) is 10.6. The van der Waals surface area contributed by atoms with Crippen LogP contribution in [0.25, 0.3) is 0 Å². The number of nitrogens with zero attached hydrogens (tertiary/aromatic N) is 1. The number of nitro benzene ring substituents is 1. The van der Waals surface area contributed by atoms with Crippen LogP contribution in [-0.4, -0.2) is 4.92 Å². The largest absolute Gasteiger partial charge is 0.450 e. The highest BCUT2D eigenvalue weighted by Gasteiger charge is 2.20. The van der Waals surface area contributed by atoms with E-state index in [-0.39, 0.29) is 16.5 Å². The second-order valence-electron chi connectivity index (χ2n) is 5.08. The maximum absolute atomic E-state index is 11.1. The molecule has 2 aromatic carbocycles. The van der Waals surface area contributed by atoms with Crippen LogP contribution in [0.1, 0.15) is 24.0 Å². The molecule has 0 atom stereocenters. The summed E-state index contributed by atoms with van der Waals surface area (Å²) < 4.78 is 5.69. The predicted molar refractivity (Wildman–Crippen MR) is 81.3 cm³/mol. The maximum Gasteiger partial charge on any atom is 0.329 e. The van der Waals surface area contributed by atoms with Crippen LogP contribution in [0.3, 0.4) is 0 Å². The van der Waals surface area contributed by atoms with Crippen LogP contribution in [0, 0.1) is 10.1 Å². The van der Waals surface area contributed by atoms with Gasteiger partial charge < -0.3 is 4.74 Å². The molecule has 108 valence electrons. The third-order valence-electron chi connectivity index (χ3n) is 3.68. The van der Waals surface area contributed by atoms with Crippen molar-refractivity contribution in [3.63, 3.8) is 0 Å². The summed E-state index contributed by atoms with van der Waals surface area (Å²) in [5.41, 5.74) is 2.41. The van der Waals surface area contributed by atoms with E-state index in [4.69, 9.17) is 16.3 Å². The van der Waals surface area contributed by atoms with Gasteiger partial charge in [0.25, 0.3) is 0 Å². The molecule has 21 heavy (non-hydrogen) atoms. The molecule has 4 nitrogen and oxygen atoms in total. The van der Waals surface area contributed by atoms with Crippen molar-refractivity contribution in [2.24, 2.45) is 0 Å². The molecule has 1 aliphatic rings. The molecule has 2 aromatic rings. The monoisotopic (exact) mass is 303 g/mol. The number of hydrogen-bond acceptors (Lipinski definition) is 3. The van der Waals surface area contributed by atoms with E-state index in [1.54, 1.807) is 12.1 Å². The van der Waals surface area contributed by atoms with Gasteiger partial charge in [0.05, 0.1) is 4.92 Å². The van der Waals surface area contributed by atoms with Crippen molar-refractivity contribution in [2.75, 3.05) is 0 Å². The van der Waals surface area contributed by atoms with E-state index in [1.165, 1.54) is 30.0 Å². The van der Waals surface area contributed by atoms with Gasteiger partial charge in [-0.2, -0.15) is 0 Å². The van der Waals surface area contributed by atoms with Gasteiger partial charge in [0.1, 0.15) is 10.8 Å². The van der Waals surface area contributed by atoms with Crippen molar-refractivity contribution in [1.29, 1.82) is 0 Å². The Morgan fingerprint density at radius 1 is 1.10 bits per heavy atom. The Balaban J connectivity index is 1.94. The average Bonchev–Trinajstić information content (AvgIpc) is 2.47. The van der Waals surface area contributed by atoms with E-state index in [9.17, 15) is 10.1 Å². The fourth-order valence-electron chi connectivity index (χ4n) is 2.66. The molecule has 0 fully saturated rings. The van der Waals surface area contributed by atoms with Gasteiger partial charge >= 0.3 is 5.69 Å². The van der Waals surface area contributed by atoms with Crippen LogP contribution >= 0.6 is 11.6 Å². The second-order valence-corrected chi connectivity index (χ2v) is 5.49. The molecule has 0 saturated carbocycles. The van der Waals surface area contributed by atoms with E-state index < -0.39 is 4.92 Å². The fraction of sp³-hybridized carbons (Fsp3) is 0.250. The van der Waals surface area contributed by atoms with Crippen LogP contribution in [0.2, 0.25) is 5.02 Å². The summed E-state index contributed by atoms with van der Waals surface area (Å²) in [5, 5.41) is 11.2. The van der Waals surface area contributed by atoms with Crippen LogP contribution in [0.5, 0.6) is 11.5 Å². The number of rotatable bonds is 3. The Morgan fingerprint density at radius 2 is 1.86 bits per heavy atom. The van der Waals surface area contributed by atoms with Crippen molar-refractivity contribution < 1.29 is 9.66 Å². The molecule has 0 N–H and O–H groups in total. The van der Waals surface area contributed by atoms with Crippen LogP contribution < -0.4 is 4.74 Å². The highest BCUT2D eigenvalue weighted by Crippen LogP contribution is 2.37. The zero-order chi connectivity index (χ0) is 14.8. The van der Waals surface area contributed by atoms with E-state index in [0.29, 0.717) is 5.75 Å². The molecule has 0 aromatic heterocycles. The molecule has 0 heterocycles. The van der Waals surface area contributed by atoms with Crippen molar-refractivity contribution in [3.05, 3.63) is 62.7 Å². The molecule has 5 heteroatoms. The molecule has 0 radical (unpaired) electrons. The number of benzene rings is 2. The summed E-state index contributed by atoms with van der Waals surface area (Å²) in [6.07, 6.45) is 4.51. The first kappa shape index (κ1) is 13.9. The van der Waals surface area contributed by atoms with Gasteiger partial charge in [-0.3, -0.25) is 10.1 Å². The average molecular weight is 304 g/mol. The third kappa shape index (κ3) is 2.85. The van der Waals surface area contributed by atoms with E-state index in [1.807, 2.05) is 18.2 Å². The van der Waals surface area contributed by atoms with Gasteiger partial charge in [0, 0.05) is 0 Å². The number of para-hydroxylation sites is 1. The van der Waals surface area contributed by atoms with Gasteiger partial charge in [-0.1, -0.05) is 23.7 Å². The van der Waals surface area contributed by atoms with E-state index >= 15 is 0 Å². The normalized spacial score (nSPS) is 13.6. The quantitative estimate of drug-likeness (QED) is 0.597. The number of fused-ring (bicyclic) bond motifs is 1. The standard InChI is InChI=1S/C16H14ClNO3/c17-14-6-3-7-15(16(14)18(19)20)21-13-9-8-11-4-1-2-5-12(11)10-13/h3,6-10H,1-2,4-5H2. The molecular formula is C16H14ClNO3. The molecule has 0 amide bonds. The van der Waals surface area contributed by atoms with Crippen molar-refractivity contribution in [1.82, 2.24) is 0 Å². The smallest absolute Gasteiger partial charge is 0.329 e. The number of hydrogen-bond donors (Lipinski definition) is 0. The summed E-state index contributed by atoms with van der Waals surface area (Å²) in [6, 6.07) is 10.6. The lowest BCUT2D eigenvalue weighted by atomic mass is 9.92. The predicted octanol–water partition coefficient (Wildman–Crippen LogP) is 4.92. The zero-order valence-corrected chi connectivity index (χ0v) is 12.1. The minimum atomic E-state index is -0.518. The number of halogens is 1. The lowest BCUT2D eigenvalue weighted by molar-refractivity contribution is -0.385. The van der Waals surface area contributed by atoms with E-state index in [0.717, 1.165) is 12.8 Å². The Bertz CT molecular complexity index is 700. The Morgan fingerprint density at radius 3 is 2.62 bits per heavy atom. The maximum atomic E-state index is 11.1. The van der Waals surface area contributed by atoms with Gasteiger partial charge in [0.15, 0.2) is 0 Å². The Hall–Kier alpha value is -2.07. The van der Waals surface area contributed by atoms with Crippen LogP contribution in [-0.2, 0) is 12.8 Å². The SMILES string of the molecule is O=[N+]([O-])c1c(Cl)cccc1Oc1ccc2c(c1)CCCC2. The van der Waals surface area contributed by atoms with Crippen LogP contribution in [0.4, 0.5) is 5.69 Å². The van der Waals surface area contributed by atoms with Crippen LogP contribution in [0.15, 0.2) is 36.4 Å². The number of ether oxygens (including phenoxy) is 1. The Labute approximate surface area is 127 Å². The minimum absolute atomic E-state index is 0.0791. The van der Waals surface area contributed by atoms with E-state index in [2.05, 4.69) is 0 Å². The number of nitro groups is 1. The minimum Gasteiger partial charge on any atom is -0.450 e. The highest BCUT2D eigenvalue weighted by atomic mass is 35.5. The second kappa shape index (κ2) is 5.74. The van der Waals surface area contributed by atoms with Crippen molar-refractivity contribution >= 4 is 17.3 Å². The molecule has 0 spiro atoms. The topological polar surface area (TPSA) is 52.4 Å². The van der Waals surface area contributed by atoms with Crippen molar-refractivity contribution in [2.45, 2.75) is 25.7 Å². The van der Waals surface area contributed by atoms with Gasteiger partial charge in [-0.25, -0.2) is 0 Å². The molecule has 3 rings (SSSR count). The van der Waals surface area contributed by atoms with Gasteiger partial charge in [-0.05, 0) is 61.1 Å².